The molecule has 0 saturated heterocycles. The van der Waals surface area contributed by atoms with E-state index in [0.29, 0.717) is 23.9 Å². The van der Waals surface area contributed by atoms with Crippen LogP contribution in [0.5, 0.6) is 0 Å². The van der Waals surface area contributed by atoms with Crippen LogP contribution in [0.4, 0.5) is 0 Å². The summed E-state index contributed by atoms with van der Waals surface area (Å²) < 4.78 is 23.4. The fourth-order valence-corrected chi connectivity index (χ4v) is 7.46. The van der Waals surface area contributed by atoms with E-state index in [-0.39, 0.29) is 19.1 Å². The second kappa shape index (κ2) is 41.5. The van der Waals surface area contributed by atoms with Crippen molar-refractivity contribution in [2.75, 3.05) is 40.9 Å². The number of hydrogen-bond acceptors (Lipinski definition) is 5. The summed E-state index contributed by atoms with van der Waals surface area (Å²) in [6, 6.07) is -0.756. The summed E-state index contributed by atoms with van der Waals surface area (Å²) in [5.74, 6) is -0.155. The SMILES string of the molecule is CC/C=C\C/C=C\C/C=C\C/C=C\C/C=C\CCCCCCCCCCCCCCCCCCCC(=O)NC(COP(=O)(O)OCC[N+](C)(C)C)C(O)CCCCCC. The smallest absolute Gasteiger partial charge is 0.391 e. The minimum absolute atomic E-state index is 0.0726. The Morgan fingerprint density at radius 3 is 1.47 bits per heavy atom. The number of nitrogens with one attached hydrogen (secondary N) is 1. The van der Waals surface area contributed by atoms with E-state index >= 15 is 0 Å². The summed E-state index contributed by atoms with van der Waals surface area (Å²) in [6.45, 7) is 4.64. The zero-order valence-electron chi connectivity index (χ0n) is 39.0. The first kappa shape index (κ1) is 57.2. The number of aliphatic hydroxyl groups is 1. The number of allylic oxidation sites excluding steroid dienone is 10. The third-order valence-electron chi connectivity index (χ3n) is 10.5. The van der Waals surface area contributed by atoms with Gasteiger partial charge in [0.05, 0.1) is 39.9 Å². The van der Waals surface area contributed by atoms with Crippen molar-refractivity contribution < 1.29 is 32.9 Å². The Labute approximate surface area is 364 Å². The lowest BCUT2D eigenvalue weighted by Crippen LogP contribution is -2.46. The van der Waals surface area contributed by atoms with E-state index in [9.17, 15) is 19.4 Å². The molecule has 0 heterocycles. The van der Waals surface area contributed by atoms with Gasteiger partial charge in [0.2, 0.25) is 5.91 Å². The molecule has 8 nitrogen and oxygen atoms in total. The van der Waals surface area contributed by atoms with Gasteiger partial charge in [-0.1, -0.05) is 197 Å². The molecule has 0 radical (unpaired) electrons. The molecule has 3 unspecified atom stereocenters. The molecule has 0 aromatic heterocycles. The van der Waals surface area contributed by atoms with Crippen molar-refractivity contribution in [3.8, 4) is 0 Å². The average Bonchev–Trinajstić information content (AvgIpc) is 3.19. The number of aliphatic hydroxyl groups excluding tert-OH is 1. The predicted octanol–water partition coefficient (Wildman–Crippen LogP) is 13.8. The van der Waals surface area contributed by atoms with Crippen molar-refractivity contribution in [1.82, 2.24) is 5.32 Å². The number of rotatable bonds is 43. The molecule has 9 heteroatoms. The summed E-state index contributed by atoms with van der Waals surface area (Å²) in [5.41, 5.74) is 0. The molecule has 0 aliphatic rings. The molecular weight excluding hydrogens is 756 g/mol. The molecule has 0 aliphatic carbocycles. The number of phosphoric acid groups is 1. The van der Waals surface area contributed by atoms with Crippen LogP contribution in [0.1, 0.15) is 200 Å². The minimum Gasteiger partial charge on any atom is -0.391 e. The maximum absolute atomic E-state index is 12.8. The van der Waals surface area contributed by atoms with Gasteiger partial charge < -0.3 is 19.8 Å². The molecule has 0 spiro atoms. The standard InChI is InChI=1S/C50H93N2O6P/c1-6-8-10-12-13-14-15-16-17-18-19-20-21-22-23-24-25-26-27-28-29-30-31-32-33-34-35-36-37-38-39-40-42-44-50(54)51-48(49(53)43-41-11-9-7-2)47-58-59(55,56)57-46-45-52(3,4)5/h8,10,13-14,16-17,19-20,22-23,48-49,53H,6-7,9,11-12,15,18,21,24-47H2,1-5H3,(H-,51,54,55,56)/p+1/b10-8-,14-13-,17-16-,20-19-,23-22-. The van der Waals surface area contributed by atoms with Crippen molar-refractivity contribution in [2.45, 2.75) is 212 Å². The Hall–Kier alpha value is -1.80. The molecule has 0 aromatic carbocycles. The molecule has 0 saturated carbocycles. The third-order valence-corrected chi connectivity index (χ3v) is 11.5. The first-order valence-electron chi connectivity index (χ1n) is 24.2. The second-order valence-electron chi connectivity index (χ2n) is 17.5. The summed E-state index contributed by atoms with van der Waals surface area (Å²) in [7, 11) is 1.61. The molecule has 344 valence electrons. The lowest BCUT2D eigenvalue weighted by molar-refractivity contribution is -0.870. The van der Waals surface area contributed by atoms with Gasteiger partial charge in [0.1, 0.15) is 13.2 Å². The van der Waals surface area contributed by atoms with Gasteiger partial charge in [-0.25, -0.2) is 4.57 Å². The Morgan fingerprint density at radius 2 is 1.02 bits per heavy atom. The fraction of sp³-hybridized carbons (Fsp3) is 0.780. The highest BCUT2D eigenvalue weighted by Crippen LogP contribution is 2.43. The van der Waals surface area contributed by atoms with E-state index in [1.54, 1.807) is 0 Å². The number of amides is 1. The normalized spacial score (nSPS) is 14.8. The highest BCUT2D eigenvalue weighted by molar-refractivity contribution is 7.47. The van der Waals surface area contributed by atoms with E-state index in [1.807, 2.05) is 21.1 Å². The molecule has 59 heavy (non-hydrogen) atoms. The van der Waals surface area contributed by atoms with Gasteiger partial charge >= 0.3 is 7.82 Å². The Kier molecular flexibility index (Phi) is 40.3. The summed E-state index contributed by atoms with van der Waals surface area (Å²) in [4.78, 5) is 22.9. The molecule has 0 aromatic rings. The molecule has 3 N–H and O–H groups in total. The number of carbonyl (C=O) groups excluding carboxylic acids is 1. The van der Waals surface area contributed by atoms with Gasteiger partial charge in [0.25, 0.3) is 0 Å². The Morgan fingerprint density at radius 1 is 0.593 bits per heavy atom. The number of phosphoric ester groups is 1. The van der Waals surface area contributed by atoms with Crippen LogP contribution < -0.4 is 5.32 Å². The number of unbranched alkanes of at least 4 members (excludes halogenated alkanes) is 20. The van der Waals surface area contributed by atoms with Crippen molar-refractivity contribution in [1.29, 1.82) is 0 Å². The zero-order valence-corrected chi connectivity index (χ0v) is 39.9. The van der Waals surface area contributed by atoms with Crippen molar-refractivity contribution >= 4 is 13.7 Å². The van der Waals surface area contributed by atoms with E-state index in [4.69, 9.17) is 9.05 Å². The monoisotopic (exact) mass is 850 g/mol. The van der Waals surface area contributed by atoms with Gasteiger partial charge in [-0.2, -0.15) is 0 Å². The summed E-state index contributed by atoms with van der Waals surface area (Å²) >= 11 is 0. The van der Waals surface area contributed by atoms with Crippen LogP contribution in [0.2, 0.25) is 0 Å². The molecule has 0 aliphatic heterocycles. The first-order chi connectivity index (χ1) is 28.5. The highest BCUT2D eigenvalue weighted by atomic mass is 31.2. The molecule has 0 fully saturated rings. The van der Waals surface area contributed by atoms with Crippen LogP contribution in [0.25, 0.3) is 0 Å². The van der Waals surface area contributed by atoms with E-state index in [0.717, 1.165) is 77.0 Å². The molecular formula is C50H94N2O6P+. The minimum atomic E-state index is -4.30. The van der Waals surface area contributed by atoms with Crippen LogP contribution >= 0.6 is 7.82 Å². The number of carbonyl (C=O) groups is 1. The lowest BCUT2D eigenvalue weighted by Gasteiger charge is -2.26. The molecule has 1 amide bonds. The average molecular weight is 850 g/mol. The Bertz CT molecular complexity index is 1140. The maximum Gasteiger partial charge on any atom is 0.472 e. The van der Waals surface area contributed by atoms with Crippen LogP contribution in [0, 0.1) is 0 Å². The quantitative estimate of drug-likeness (QED) is 0.0244. The second-order valence-corrected chi connectivity index (χ2v) is 18.9. The topological polar surface area (TPSA) is 105 Å². The van der Waals surface area contributed by atoms with Gasteiger partial charge in [-0.05, 0) is 57.8 Å². The number of quaternary nitrogens is 1. The number of likely N-dealkylation sites (N-methyl/N-ethyl adjacent to an activating group) is 1. The van der Waals surface area contributed by atoms with Crippen LogP contribution in [0.3, 0.4) is 0 Å². The zero-order chi connectivity index (χ0) is 43.6. The maximum atomic E-state index is 12.8. The van der Waals surface area contributed by atoms with E-state index in [2.05, 4.69) is 79.9 Å². The van der Waals surface area contributed by atoms with Crippen molar-refractivity contribution in [3.05, 3.63) is 60.8 Å². The largest absolute Gasteiger partial charge is 0.472 e. The van der Waals surface area contributed by atoms with Gasteiger partial charge in [-0.15, -0.1) is 0 Å². The predicted molar refractivity (Wildman–Crippen MR) is 254 cm³/mol. The van der Waals surface area contributed by atoms with Gasteiger partial charge in [-0.3, -0.25) is 13.8 Å². The Balaban J connectivity index is 3.80. The van der Waals surface area contributed by atoms with Crippen LogP contribution in [-0.2, 0) is 18.4 Å². The molecule has 3 atom stereocenters. The molecule has 0 rings (SSSR count). The van der Waals surface area contributed by atoms with E-state index in [1.165, 1.54) is 96.3 Å². The lowest BCUT2D eigenvalue weighted by atomic mass is 10.0. The van der Waals surface area contributed by atoms with Crippen LogP contribution in [0.15, 0.2) is 60.8 Å². The van der Waals surface area contributed by atoms with Gasteiger partial charge in [0.15, 0.2) is 0 Å². The van der Waals surface area contributed by atoms with Gasteiger partial charge in [0, 0.05) is 6.42 Å². The van der Waals surface area contributed by atoms with E-state index < -0.39 is 20.0 Å². The summed E-state index contributed by atoms with van der Waals surface area (Å²) in [6.07, 6.45) is 54.8. The first-order valence-corrected chi connectivity index (χ1v) is 25.6. The van der Waals surface area contributed by atoms with Crippen molar-refractivity contribution in [3.63, 3.8) is 0 Å². The fourth-order valence-electron chi connectivity index (χ4n) is 6.72. The van der Waals surface area contributed by atoms with Crippen molar-refractivity contribution in [2.24, 2.45) is 0 Å². The molecule has 0 bridgehead atoms. The highest BCUT2D eigenvalue weighted by Gasteiger charge is 2.28. The number of hydrogen-bond donors (Lipinski definition) is 3. The third kappa shape index (κ3) is 44.1. The number of nitrogens with zero attached hydrogens (tertiary/aromatic N) is 1. The summed E-state index contributed by atoms with van der Waals surface area (Å²) in [5, 5.41) is 13.7. The van der Waals surface area contributed by atoms with Crippen LogP contribution in [-0.4, -0.2) is 73.4 Å².